The van der Waals surface area contributed by atoms with Gasteiger partial charge >= 0.3 is 0 Å². The maximum Gasteiger partial charge on any atom is 0.258 e. The van der Waals surface area contributed by atoms with Crippen molar-refractivity contribution in [3.05, 3.63) is 35.0 Å². The molecular formula is C29H39ClFN7O4S. The number of ether oxygens (including phenoxy) is 1. The van der Waals surface area contributed by atoms with Crippen LogP contribution in [0.5, 0.6) is 5.75 Å². The molecule has 2 heterocycles. The Labute approximate surface area is 260 Å². The molecule has 2 fully saturated rings. The number of piperazine rings is 1. The molecule has 1 saturated carbocycles. The van der Waals surface area contributed by atoms with Crippen LogP contribution >= 0.6 is 23.4 Å². The van der Waals surface area contributed by atoms with E-state index in [0.717, 1.165) is 31.8 Å². The Morgan fingerprint density at radius 2 is 1.98 bits per heavy atom. The number of hydrogen-bond donors (Lipinski definition) is 3. The molecule has 0 bridgehead atoms. The van der Waals surface area contributed by atoms with E-state index in [4.69, 9.17) is 16.3 Å². The molecule has 3 N–H and O–H groups in total. The minimum atomic E-state index is -1.80. The molecule has 2 aromatic rings. The lowest BCUT2D eigenvalue weighted by Crippen LogP contribution is -2.51. The van der Waals surface area contributed by atoms with Gasteiger partial charge in [0.15, 0.2) is 5.67 Å². The van der Waals surface area contributed by atoms with E-state index < -0.39 is 22.4 Å². The molecule has 1 atom stereocenters. The zero-order valence-corrected chi connectivity index (χ0v) is 26.5. The lowest BCUT2D eigenvalue weighted by atomic mass is 10.0. The van der Waals surface area contributed by atoms with Gasteiger partial charge in [-0.05, 0) is 63.6 Å². The fourth-order valence-corrected chi connectivity index (χ4v) is 5.98. The Kier molecular flexibility index (Phi) is 10.7. The van der Waals surface area contributed by atoms with Crippen LogP contribution < -0.4 is 20.7 Å². The molecule has 1 unspecified atom stereocenters. The molecule has 1 aromatic heterocycles. The molecular weight excluding hydrogens is 597 g/mol. The molecule has 43 heavy (non-hydrogen) atoms. The molecule has 1 aliphatic heterocycles. The normalized spacial score (nSPS) is 17.1. The highest BCUT2D eigenvalue weighted by molar-refractivity contribution is 8.00. The Balaban J connectivity index is 1.23. The van der Waals surface area contributed by atoms with E-state index in [2.05, 4.69) is 30.8 Å². The predicted octanol–water partition coefficient (Wildman–Crippen LogP) is 3.77. The summed E-state index contributed by atoms with van der Waals surface area (Å²) in [5.41, 5.74) is -0.659. The molecule has 1 saturated heterocycles. The first-order valence-electron chi connectivity index (χ1n) is 14.3. The summed E-state index contributed by atoms with van der Waals surface area (Å²) in [6.07, 6.45) is 3.51. The fourth-order valence-electron chi connectivity index (χ4n) is 4.70. The number of halogens is 2. The second kappa shape index (κ2) is 14.1. The van der Waals surface area contributed by atoms with E-state index in [1.807, 2.05) is 18.7 Å². The average molecular weight is 636 g/mol. The Morgan fingerprint density at radius 3 is 2.60 bits per heavy atom. The highest BCUT2D eigenvalue weighted by atomic mass is 35.5. The van der Waals surface area contributed by atoms with Gasteiger partial charge in [0.25, 0.3) is 11.8 Å². The van der Waals surface area contributed by atoms with E-state index in [0.29, 0.717) is 53.2 Å². The topological polar surface area (TPSA) is 129 Å². The summed E-state index contributed by atoms with van der Waals surface area (Å²) in [7, 11) is 3.26. The molecule has 2 amide bonds. The SMILES string of the molecule is CNc1nc(Nc2ccc(C(=O)N3CCN(CCCSC(C)(C)C(C=O)NC(=O)C4(F)CC4)CC3)cc2OC)ncc1Cl. The number of rotatable bonds is 14. The smallest absolute Gasteiger partial charge is 0.258 e. The zero-order valence-electron chi connectivity index (χ0n) is 24.9. The largest absolute Gasteiger partial charge is 0.495 e. The predicted molar refractivity (Wildman–Crippen MR) is 167 cm³/mol. The summed E-state index contributed by atoms with van der Waals surface area (Å²) in [5, 5.41) is 9.00. The van der Waals surface area contributed by atoms with Gasteiger partial charge in [0.1, 0.15) is 22.9 Å². The second-order valence-electron chi connectivity index (χ2n) is 11.2. The summed E-state index contributed by atoms with van der Waals surface area (Å²) >= 11 is 7.66. The molecule has 11 nitrogen and oxygen atoms in total. The zero-order chi connectivity index (χ0) is 31.2. The van der Waals surface area contributed by atoms with Crippen molar-refractivity contribution in [2.24, 2.45) is 0 Å². The first-order chi connectivity index (χ1) is 20.5. The van der Waals surface area contributed by atoms with E-state index >= 15 is 0 Å². The lowest BCUT2D eigenvalue weighted by molar-refractivity contribution is -0.130. The molecule has 4 rings (SSSR count). The third kappa shape index (κ3) is 8.27. The second-order valence-corrected chi connectivity index (χ2v) is 13.3. The van der Waals surface area contributed by atoms with Crippen molar-refractivity contribution < 1.29 is 23.5 Å². The van der Waals surface area contributed by atoms with Crippen LogP contribution in [-0.4, -0.2) is 107 Å². The van der Waals surface area contributed by atoms with Crippen molar-refractivity contribution in [2.75, 3.05) is 63.3 Å². The number of methoxy groups -OCH3 is 1. The molecule has 1 aliphatic carbocycles. The summed E-state index contributed by atoms with van der Waals surface area (Å²) in [6.45, 7) is 7.36. The van der Waals surface area contributed by atoms with E-state index in [9.17, 15) is 18.8 Å². The minimum absolute atomic E-state index is 0.0646. The average Bonchev–Trinajstić information content (AvgIpc) is 3.77. The number of aldehydes is 1. The van der Waals surface area contributed by atoms with Gasteiger partial charge in [0.05, 0.1) is 25.0 Å². The van der Waals surface area contributed by atoms with Gasteiger partial charge in [0, 0.05) is 43.5 Å². The van der Waals surface area contributed by atoms with E-state index in [1.165, 1.54) is 13.3 Å². The van der Waals surface area contributed by atoms with E-state index in [-0.39, 0.29) is 18.7 Å². The lowest BCUT2D eigenvalue weighted by Gasteiger charge is -2.35. The maximum absolute atomic E-state index is 14.0. The number of nitrogens with one attached hydrogen (secondary N) is 3. The van der Waals surface area contributed by atoms with Gasteiger partial charge in [-0.2, -0.15) is 16.7 Å². The standard InChI is InChI=1S/C29H39ClFN7O4S/c1-28(2,23(18-39)35-26(41)29(31)8-9-29)43-15-5-10-37-11-13-38(14-12-37)25(40)19-6-7-21(22(16-19)42-4)34-27-33-17-20(30)24(32-3)36-27/h6-7,16-18,23H,5,8-15H2,1-4H3,(H,35,41)(H2,32,33,34,36). The summed E-state index contributed by atoms with van der Waals surface area (Å²) in [6, 6.07) is 4.47. The molecule has 234 valence electrons. The van der Waals surface area contributed by atoms with Crippen molar-refractivity contribution in [1.29, 1.82) is 0 Å². The first-order valence-corrected chi connectivity index (χ1v) is 15.6. The van der Waals surface area contributed by atoms with Crippen molar-refractivity contribution in [3.63, 3.8) is 0 Å². The highest BCUT2D eigenvalue weighted by Crippen LogP contribution is 2.40. The molecule has 2 aliphatic rings. The van der Waals surface area contributed by atoms with Gasteiger partial charge in [-0.1, -0.05) is 11.6 Å². The van der Waals surface area contributed by atoms with Crippen LogP contribution in [0.3, 0.4) is 0 Å². The molecule has 14 heteroatoms. The summed E-state index contributed by atoms with van der Waals surface area (Å²) in [4.78, 5) is 49.7. The number of carbonyl (C=O) groups is 3. The van der Waals surface area contributed by atoms with Crippen molar-refractivity contribution >= 4 is 58.9 Å². The van der Waals surface area contributed by atoms with Crippen LogP contribution in [0.1, 0.15) is 43.5 Å². The number of benzene rings is 1. The van der Waals surface area contributed by atoms with E-state index in [1.54, 1.807) is 37.0 Å². The Morgan fingerprint density at radius 1 is 1.26 bits per heavy atom. The first kappa shape index (κ1) is 32.7. The van der Waals surface area contributed by atoms with Crippen LogP contribution in [0.4, 0.5) is 21.8 Å². The number of amides is 2. The van der Waals surface area contributed by atoms with Crippen LogP contribution in [0.2, 0.25) is 5.02 Å². The number of hydrogen-bond acceptors (Lipinski definition) is 10. The van der Waals surface area contributed by atoms with Crippen LogP contribution in [-0.2, 0) is 9.59 Å². The van der Waals surface area contributed by atoms with Gasteiger partial charge in [-0.3, -0.25) is 14.5 Å². The number of anilines is 3. The molecule has 0 radical (unpaired) electrons. The van der Waals surface area contributed by atoms with Crippen molar-refractivity contribution in [3.8, 4) is 5.75 Å². The quantitative estimate of drug-likeness (QED) is 0.208. The summed E-state index contributed by atoms with van der Waals surface area (Å²) in [5.74, 6) is 1.35. The Hall–Kier alpha value is -3.16. The number of alkyl halides is 1. The number of aromatic nitrogens is 2. The van der Waals surface area contributed by atoms with Crippen LogP contribution in [0, 0.1) is 0 Å². The van der Waals surface area contributed by atoms with Gasteiger partial charge in [-0.15, -0.1) is 0 Å². The third-order valence-corrected chi connectivity index (χ3v) is 9.46. The highest BCUT2D eigenvalue weighted by Gasteiger charge is 2.52. The molecule has 0 spiro atoms. The van der Waals surface area contributed by atoms with Crippen molar-refractivity contribution in [1.82, 2.24) is 25.1 Å². The van der Waals surface area contributed by atoms with Gasteiger partial charge < -0.3 is 30.4 Å². The molecule has 1 aromatic carbocycles. The van der Waals surface area contributed by atoms with Gasteiger partial charge in [-0.25, -0.2) is 9.37 Å². The Bertz CT molecular complexity index is 1320. The third-order valence-electron chi connectivity index (χ3n) is 7.70. The summed E-state index contributed by atoms with van der Waals surface area (Å²) < 4.78 is 19.0. The minimum Gasteiger partial charge on any atom is -0.495 e. The fraction of sp³-hybridized carbons (Fsp3) is 0.552. The monoisotopic (exact) mass is 635 g/mol. The van der Waals surface area contributed by atoms with Crippen LogP contribution in [0.15, 0.2) is 24.4 Å². The van der Waals surface area contributed by atoms with Crippen molar-refractivity contribution in [2.45, 2.75) is 49.6 Å². The number of carbonyl (C=O) groups excluding carboxylic acids is 3. The van der Waals surface area contributed by atoms with Crippen LogP contribution in [0.25, 0.3) is 0 Å². The number of thioether (sulfide) groups is 1. The van der Waals surface area contributed by atoms with Gasteiger partial charge in [0.2, 0.25) is 5.95 Å². The maximum atomic E-state index is 14.0. The number of nitrogens with zero attached hydrogens (tertiary/aromatic N) is 4.